The van der Waals surface area contributed by atoms with E-state index in [1.54, 1.807) is 12.1 Å². The molecule has 0 saturated carbocycles. The van der Waals surface area contributed by atoms with E-state index in [-0.39, 0.29) is 24.0 Å². The van der Waals surface area contributed by atoms with E-state index in [1.807, 2.05) is 51.1 Å². The molecule has 0 aliphatic carbocycles. The number of amides is 2. The summed E-state index contributed by atoms with van der Waals surface area (Å²) in [6.07, 6.45) is 0. The Morgan fingerprint density at radius 1 is 1.00 bits per heavy atom. The molecule has 0 aliphatic heterocycles. The predicted molar refractivity (Wildman–Crippen MR) is 108 cm³/mol. The second-order valence-corrected chi connectivity index (χ2v) is 6.65. The molecule has 3 aromatic rings. The standard InChI is InChI=1S/C20H22N6O2/c1-12-5-4-6-15(9-12)22-17(27)11-26-19(21)18(24-25-26)20(28)23-16-8-7-13(2)14(3)10-16/h4-10H,11,21H2,1-3H3,(H,22,27)(H,23,28). The number of benzene rings is 2. The van der Waals surface area contributed by atoms with Crippen molar-refractivity contribution in [2.45, 2.75) is 27.3 Å². The lowest BCUT2D eigenvalue weighted by atomic mass is 10.1. The van der Waals surface area contributed by atoms with Gasteiger partial charge in [0.05, 0.1) is 0 Å². The van der Waals surface area contributed by atoms with E-state index in [4.69, 9.17) is 5.73 Å². The number of carbonyl (C=O) groups excluding carboxylic acids is 2. The highest BCUT2D eigenvalue weighted by Crippen LogP contribution is 2.17. The van der Waals surface area contributed by atoms with Gasteiger partial charge in [0, 0.05) is 11.4 Å². The Bertz CT molecular complexity index is 1040. The van der Waals surface area contributed by atoms with Crippen LogP contribution in [-0.4, -0.2) is 26.8 Å². The van der Waals surface area contributed by atoms with Gasteiger partial charge in [-0.1, -0.05) is 23.4 Å². The molecule has 28 heavy (non-hydrogen) atoms. The lowest BCUT2D eigenvalue weighted by molar-refractivity contribution is -0.116. The minimum atomic E-state index is -0.480. The van der Waals surface area contributed by atoms with Crippen molar-refractivity contribution in [2.24, 2.45) is 0 Å². The number of nitrogen functional groups attached to an aromatic ring is 1. The van der Waals surface area contributed by atoms with E-state index in [0.29, 0.717) is 11.4 Å². The number of nitrogens with two attached hydrogens (primary N) is 1. The first-order valence-electron chi connectivity index (χ1n) is 8.77. The van der Waals surface area contributed by atoms with Crippen molar-refractivity contribution in [2.75, 3.05) is 16.4 Å². The number of nitrogens with one attached hydrogen (secondary N) is 2. The highest BCUT2D eigenvalue weighted by atomic mass is 16.2. The number of hydrogen-bond donors (Lipinski definition) is 3. The molecule has 0 fully saturated rings. The Morgan fingerprint density at radius 2 is 1.75 bits per heavy atom. The highest BCUT2D eigenvalue weighted by molar-refractivity contribution is 6.05. The van der Waals surface area contributed by atoms with Gasteiger partial charge < -0.3 is 16.4 Å². The summed E-state index contributed by atoms with van der Waals surface area (Å²) < 4.78 is 1.19. The molecule has 8 heteroatoms. The largest absolute Gasteiger partial charge is 0.382 e. The van der Waals surface area contributed by atoms with Crippen LogP contribution in [0.4, 0.5) is 17.2 Å². The molecule has 1 heterocycles. The maximum Gasteiger partial charge on any atom is 0.280 e. The van der Waals surface area contributed by atoms with Gasteiger partial charge in [0.1, 0.15) is 6.54 Å². The zero-order chi connectivity index (χ0) is 20.3. The minimum absolute atomic E-state index is 0.0263. The van der Waals surface area contributed by atoms with E-state index < -0.39 is 5.91 Å². The summed E-state index contributed by atoms with van der Waals surface area (Å²) in [6, 6.07) is 13.0. The molecule has 0 spiro atoms. The van der Waals surface area contributed by atoms with Crippen molar-refractivity contribution >= 4 is 29.0 Å². The summed E-state index contributed by atoms with van der Waals surface area (Å²) in [5.74, 6) is -0.768. The number of nitrogens with zero attached hydrogens (tertiary/aromatic N) is 3. The molecule has 0 bridgehead atoms. The topological polar surface area (TPSA) is 115 Å². The zero-order valence-electron chi connectivity index (χ0n) is 16.0. The van der Waals surface area contributed by atoms with Crippen molar-refractivity contribution in [3.8, 4) is 0 Å². The summed E-state index contributed by atoms with van der Waals surface area (Å²) in [4.78, 5) is 24.7. The summed E-state index contributed by atoms with van der Waals surface area (Å²) in [6.45, 7) is 5.74. The van der Waals surface area contributed by atoms with Gasteiger partial charge in [0.2, 0.25) is 5.91 Å². The average molecular weight is 378 g/mol. The second-order valence-electron chi connectivity index (χ2n) is 6.65. The van der Waals surface area contributed by atoms with Gasteiger partial charge >= 0.3 is 0 Å². The number of hydrogen-bond acceptors (Lipinski definition) is 5. The van der Waals surface area contributed by atoms with Crippen LogP contribution in [0.5, 0.6) is 0 Å². The van der Waals surface area contributed by atoms with Gasteiger partial charge in [0.25, 0.3) is 5.91 Å². The molecule has 0 aliphatic rings. The van der Waals surface area contributed by atoms with Gasteiger partial charge in [-0.15, -0.1) is 5.10 Å². The van der Waals surface area contributed by atoms with Gasteiger partial charge in [-0.3, -0.25) is 9.59 Å². The average Bonchev–Trinajstić information content (AvgIpc) is 2.99. The van der Waals surface area contributed by atoms with Crippen LogP contribution in [0, 0.1) is 20.8 Å². The Balaban J connectivity index is 1.68. The van der Waals surface area contributed by atoms with Crippen molar-refractivity contribution in [1.82, 2.24) is 15.0 Å². The molecule has 0 saturated heterocycles. The predicted octanol–water partition coefficient (Wildman–Crippen LogP) is 2.68. The van der Waals surface area contributed by atoms with Gasteiger partial charge in [-0.2, -0.15) is 0 Å². The van der Waals surface area contributed by atoms with Crippen molar-refractivity contribution < 1.29 is 9.59 Å². The fraction of sp³-hybridized carbons (Fsp3) is 0.200. The normalized spacial score (nSPS) is 10.5. The first kappa shape index (κ1) is 19.1. The molecule has 8 nitrogen and oxygen atoms in total. The van der Waals surface area contributed by atoms with Crippen molar-refractivity contribution in [1.29, 1.82) is 0 Å². The quantitative estimate of drug-likeness (QED) is 0.631. The van der Waals surface area contributed by atoms with Crippen LogP contribution in [0.2, 0.25) is 0 Å². The summed E-state index contributed by atoms with van der Waals surface area (Å²) >= 11 is 0. The van der Waals surface area contributed by atoms with Gasteiger partial charge in [0.15, 0.2) is 11.5 Å². The molecule has 0 radical (unpaired) electrons. The smallest absolute Gasteiger partial charge is 0.280 e. The number of carbonyl (C=O) groups is 2. The summed E-state index contributed by atoms with van der Waals surface area (Å²) in [5, 5.41) is 13.2. The Hall–Kier alpha value is -3.68. The Kier molecular flexibility index (Phi) is 5.39. The minimum Gasteiger partial charge on any atom is -0.382 e. The summed E-state index contributed by atoms with van der Waals surface area (Å²) in [5.41, 5.74) is 10.5. The first-order valence-corrected chi connectivity index (χ1v) is 8.77. The second kappa shape index (κ2) is 7.91. The van der Waals surface area contributed by atoms with Crippen LogP contribution >= 0.6 is 0 Å². The third-order valence-corrected chi connectivity index (χ3v) is 4.35. The maximum absolute atomic E-state index is 12.5. The van der Waals surface area contributed by atoms with Crippen molar-refractivity contribution in [3.63, 3.8) is 0 Å². The molecular formula is C20H22N6O2. The molecule has 1 aromatic heterocycles. The fourth-order valence-corrected chi connectivity index (χ4v) is 2.67. The molecule has 144 valence electrons. The number of aromatic nitrogens is 3. The van der Waals surface area contributed by atoms with Crippen LogP contribution in [0.3, 0.4) is 0 Å². The van der Waals surface area contributed by atoms with Crippen LogP contribution < -0.4 is 16.4 Å². The molecule has 3 rings (SSSR count). The molecule has 2 amide bonds. The Morgan fingerprint density at radius 3 is 2.46 bits per heavy atom. The van der Waals surface area contributed by atoms with E-state index in [9.17, 15) is 9.59 Å². The van der Waals surface area contributed by atoms with Gasteiger partial charge in [-0.05, 0) is 61.7 Å². The van der Waals surface area contributed by atoms with Crippen LogP contribution in [-0.2, 0) is 11.3 Å². The summed E-state index contributed by atoms with van der Waals surface area (Å²) in [7, 11) is 0. The SMILES string of the molecule is Cc1cccc(NC(=O)Cn2nnc(C(=O)Nc3ccc(C)c(C)c3)c2N)c1. The first-order chi connectivity index (χ1) is 13.3. The zero-order valence-corrected chi connectivity index (χ0v) is 16.0. The van der Waals surface area contributed by atoms with E-state index >= 15 is 0 Å². The van der Waals surface area contributed by atoms with E-state index in [0.717, 1.165) is 16.7 Å². The molecule has 2 aromatic carbocycles. The molecular weight excluding hydrogens is 356 g/mol. The fourth-order valence-electron chi connectivity index (χ4n) is 2.67. The number of rotatable bonds is 5. The number of anilines is 3. The van der Waals surface area contributed by atoms with Crippen molar-refractivity contribution in [3.05, 3.63) is 64.8 Å². The maximum atomic E-state index is 12.5. The third-order valence-electron chi connectivity index (χ3n) is 4.35. The van der Waals surface area contributed by atoms with E-state index in [1.165, 1.54) is 4.68 Å². The van der Waals surface area contributed by atoms with E-state index in [2.05, 4.69) is 20.9 Å². The van der Waals surface area contributed by atoms with Crippen LogP contribution in [0.25, 0.3) is 0 Å². The third kappa shape index (κ3) is 4.35. The van der Waals surface area contributed by atoms with Gasteiger partial charge in [-0.25, -0.2) is 4.68 Å². The van der Waals surface area contributed by atoms with Crippen LogP contribution in [0.15, 0.2) is 42.5 Å². The lowest BCUT2D eigenvalue weighted by Crippen LogP contribution is -2.21. The molecule has 0 atom stereocenters. The van der Waals surface area contributed by atoms with Crippen LogP contribution in [0.1, 0.15) is 27.2 Å². The number of aryl methyl sites for hydroxylation is 3. The Labute approximate surface area is 162 Å². The molecule has 4 N–H and O–H groups in total. The lowest BCUT2D eigenvalue weighted by Gasteiger charge is -2.08. The molecule has 0 unspecified atom stereocenters. The monoisotopic (exact) mass is 378 g/mol. The highest BCUT2D eigenvalue weighted by Gasteiger charge is 2.19.